The molecule has 0 saturated carbocycles. The third kappa shape index (κ3) is 3.91. The number of aromatic nitrogens is 1. The van der Waals surface area contributed by atoms with Crippen LogP contribution in [-0.2, 0) is 11.3 Å². The number of likely N-dealkylation sites (N-methyl/N-ethyl adjacent to an activating group) is 1. The number of rotatable bonds is 6. The third-order valence-electron chi connectivity index (χ3n) is 3.58. The zero-order valence-corrected chi connectivity index (χ0v) is 12.3. The van der Waals surface area contributed by atoms with Gasteiger partial charge in [-0.15, -0.1) is 0 Å². The molecule has 106 valence electrons. The first-order chi connectivity index (χ1) is 9.20. The number of aryl methyl sites for hydroxylation is 1. The van der Waals surface area contributed by atoms with Crippen molar-refractivity contribution in [3.8, 4) is 0 Å². The van der Waals surface area contributed by atoms with E-state index in [4.69, 9.17) is 4.74 Å². The Hall–Kier alpha value is -1.13. The lowest BCUT2D eigenvalue weighted by molar-refractivity contribution is 0.116. The SMILES string of the molecule is CCNCc1cnc(C)cc1N(C)CC1CCCO1. The highest BCUT2D eigenvalue weighted by molar-refractivity contribution is 5.53. The van der Waals surface area contributed by atoms with Crippen molar-refractivity contribution >= 4 is 5.69 Å². The largest absolute Gasteiger partial charge is 0.376 e. The van der Waals surface area contributed by atoms with E-state index in [0.29, 0.717) is 6.10 Å². The predicted octanol–water partition coefficient (Wildman–Crippen LogP) is 2.11. The van der Waals surface area contributed by atoms with Gasteiger partial charge in [-0.3, -0.25) is 4.98 Å². The summed E-state index contributed by atoms with van der Waals surface area (Å²) in [5, 5.41) is 3.38. The van der Waals surface area contributed by atoms with E-state index in [1.807, 2.05) is 13.1 Å². The lowest BCUT2D eigenvalue weighted by Gasteiger charge is -2.25. The van der Waals surface area contributed by atoms with Crippen LogP contribution in [-0.4, -0.2) is 37.8 Å². The molecule has 0 aromatic carbocycles. The molecule has 1 unspecified atom stereocenters. The van der Waals surface area contributed by atoms with Crippen LogP contribution in [0, 0.1) is 6.92 Å². The van der Waals surface area contributed by atoms with Gasteiger partial charge in [0.2, 0.25) is 0 Å². The first-order valence-corrected chi connectivity index (χ1v) is 7.19. The Labute approximate surface area is 116 Å². The molecule has 4 nitrogen and oxygen atoms in total. The van der Waals surface area contributed by atoms with Crippen LogP contribution in [0.25, 0.3) is 0 Å². The molecule has 1 saturated heterocycles. The van der Waals surface area contributed by atoms with Crippen molar-refractivity contribution in [2.24, 2.45) is 0 Å². The normalized spacial score (nSPS) is 18.8. The van der Waals surface area contributed by atoms with Crippen LogP contribution < -0.4 is 10.2 Å². The highest BCUT2D eigenvalue weighted by Crippen LogP contribution is 2.22. The number of pyridine rings is 1. The molecule has 4 heteroatoms. The average molecular weight is 263 g/mol. The predicted molar refractivity (Wildman–Crippen MR) is 78.6 cm³/mol. The molecule has 1 aromatic heterocycles. The van der Waals surface area contributed by atoms with Crippen LogP contribution in [0.4, 0.5) is 5.69 Å². The third-order valence-corrected chi connectivity index (χ3v) is 3.58. The molecule has 2 heterocycles. The molecule has 0 bridgehead atoms. The second-order valence-corrected chi connectivity index (χ2v) is 5.25. The molecule has 0 spiro atoms. The van der Waals surface area contributed by atoms with Gasteiger partial charge in [0, 0.05) is 49.9 Å². The van der Waals surface area contributed by atoms with Gasteiger partial charge in [-0.05, 0) is 32.4 Å². The van der Waals surface area contributed by atoms with Crippen molar-refractivity contribution in [3.63, 3.8) is 0 Å². The van der Waals surface area contributed by atoms with E-state index >= 15 is 0 Å². The fraction of sp³-hybridized carbons (Fsp3) is 0.667. The Morgan fingerprint density at radius 1 is 1.53 bits per heavy atom. The zero-order chi connectivity index (χ0) is 13.7. The summed E-state index contributed by atoms with van der Waals surface area (Å²) in [6.45, 7) is 7.89. The Balaban J connectivity index is 2.08. The molecule has 1 aromatic rings. The summed E-state index contributed by atoms with van der Waals surface area (Å²) in [4.78, 5) is 6.71. The van der Waals surface area contributed by atoms with Gasteiger partial charge in [-0.1, -0.05) is 6.92 Å². The lowest BCUT2D eigenvalue weighted by atomic mass is 10.1. The minimum atomic E-state index is 0.380. The molecule has 1 fully saturated rings. The maximum atomic E-state index is 5.72. The highest BCUT2D eigenvalue weighted by atomic mass is 16.5. The van der Waals surface area contributed by atoms with E-state index in [9.17, 15) is 0 Å². The molecule has 0 amide bonds. The van der Waals surface area contributed by atoms with Gasteiger partial charge < -0.3 is 15.0 Å². The summed E-state index contributed by atoms with van der Waals surface area (Å²) in [5.74, 6) is 0. The van der Waals surface area contributed by atoms with E-state index in [1.54, 1.807) is 0 Å². The van der Waals surface area contributed by atoms with Crippen molar-refractivity contribution in [1.29, 1.82) is 0 Å². The van der Waals surface area contributed by atoms with E-state index in [-0.39, 0.29) is 0 Å². The van der Waals surface area contributed by atoms with E-state index in [0.717, 1.165) is 31.9 Å². The number of nitrogens with one attached hydrogen (secondary N) is 1. The first-order valence-electron chi connectivity index (χ1n) is 7.19. The minimum absolute atomic E-state index is 0.380. The van der Waals surface area contributed by atoms with Gasteiger partial charge in [0.15, 0.2) is 0 Å². The number of hydrogen-bond acceptors (Lipinski definition) is 4. The van der Waals surface area contributed by atoms with Gasteiger partial charge >= 0.3 is 0 Å². The number of hydrogen-bond donors (Lipinski definition) is 1. The smallest absolute Gasteiger partial charge is 0.0750 e. The fourth-order valence-electron chi connectivity index (χ4n) is 2.52. The van der Waals surface area contributed by atoms with Crippen LogP contribution in [0.3, 0.4) is 0 Å². The average Bonchev–Trinajstić information content (AvgIpc) is 2.90. The lowest BCUT2D eigenvalue weighted by Crippen LogP contribution is -2.30. The molecule has 0 radical (unpaired) electrons. The summed E-state index contributed by atoms with van der Waals surface area (Å²) in [7, 11) is 2.14. The first kappa shape index (κ1) is 14.3. The molecule has 1 aliphatic rings. The highest BCUT2D eigenvalue weighted by Gasteiger charge is 2.19. The van der Waals surface area contributed by atoms with Crippen molar-refractivity contribution in [1.82, 2.24) is 10.3 Å². The van der Waals surface area contributed by atoms with Gasteiger partial charge in [0.05, 0.1) is 6.10 Å². The van der Waals surface area contributed by atoms with E-state index < -0.39 is 0 Å². The van der Waals surface area contributed by atoms with E-state index in [2.05, 4.69) is 35.2 Å². The number of ether oxygens (including phenoxy) is 1. The van der Waals surface area contributed by atoms with Crippen molar-refractivity contribution in [2.45, 2.75) is 39.3 Å². The summed E-state index contributed by atoms with van der Waals surface area (Å²) in [6.07, 6.45) is 4.74. The Kier molecular flexibility index (Phi) is 5.16. The minimum Gasteiger partial charge on any atom is -0.376 e. The Bertz CT molecular complexity index is 402. The number of anilines is 1. The van der Waals surface area contributed by atoms with Gasteiger partial charge in [-0.25, -0.2) is 0 Å². The van der Waals surface area contributed by atoms with Crippen molar-refractivity contribution in [2.75, 3.05) is 31.6 Å². The summed E-state index contributed by atoms with van der Waals surface area (Å²) in [6, 6.07) is 2.17. The Morgan fingerprint density at radius 3 is 3.05 bits per heavy atom. The molecular weight excluding hydrogens is 238 g/mol. The molecular formula is C15H25N3O. The zero-order valence-electron chi connectivity index (χ0n) is 12.3. The molecule has 1 aliphatic heterocycles. The number of nitrogens with zero attached hydrogens (tertiary/aromatic N) is 2. The molecule has 0 aliphatic carbocycles. The van der Waals surface area contributed by atoms with Gasteiger partial charge in [0.1, 0.15) is 0 Å². The Morgan fingerprint density at radius 2 is 2.37 bits per heavy atom. The van der Waals surface area contributed by atoms with Crippen molar-refractivity contribution in [3.05, 3.63) is 23.5 Å². The standard InChI is InChI=1S/C15H25N3O/c1-4-16-9-13-10-17-12(2)8-15(13)18(3)11-14-6-5-7-19-14/h8,10,14,16H,4-7,9,11H2,1-3H3. The maximum Gasteiger partial charge on any atom is 0.0750 e. The summed E-state index contributed by atoms with van der Waals surface area (Å²) in [5.41, 5.74) is 3.59. The van der Waals surface area contributed by atoms with Crippen LogP contribution in [0.2, 0.25) is 0 Å². The summed E-state index contributed by atoms with van der Waals surface area (Å²) < 4.78 is 5.72. The quantitative estimate of drug-likeness (QED) is 0.853. The van der Waals surface area contributed by atoms with Crippen LogP contribution in [0.15, 0.2) is 12.3 Å². The van der Waals surface area contributed by atoms with Crippen LogP contribution in [0.1, 0.15) is 31.0 Å². The monoisotopic (exact) mass is 263 g/mol. The second kappa shape index (κ2) is 6.87. The topological polar surface area (TPSA) is 37.4 Å². The van der Waals surface area contributed by atoms with Crippen LogP contribution >= 0.6 is 0 Å². The van der Waals surface area contributed by atoms with Crippen LogP contribution in [0.5, 0.6) is 0 Å². The molecule has 19 heavy (non-hydrogen) atoms. The molecule has 2 rings (SSSR count). The molecule has 1 N–H and O–H groups in total. The van der Waals surface area contributed by atoms with Crippen molar-refractivity contribution < 1.29 is 4.74 Å². The second-order valence-electron chi connectivity index (χ2n) is 5.25. The molecule has 1 atom stereocenters. The summed E-state index contributed by atoms with van der Waals surface area (Å²) >= 11 is 0. The fourth-order valence-corrected chi connectivity index (χ4v) is 2.52. The van der Waals surface area contributed by atoms with Gasteiger partial charge in [0.25, 0.3) is 0 Å². The van der Waals surface area contributed by atoms with Gasteiger partial charge in [-0.2, -0.15) is 0 Å². The maximum absolute atomic E-state index is 5.72. The van der Waals surface area contributed by atoms with E-state index in [1.165, 1.54) is 24.1 Å².